The maximum atomic E-state index is 13.1. The van der Waals surface area contributed by atoms with Crippen LogP contribution in [0.2, 0.25) is 0 Å². The van der Waals surface area contributed by atoms with Gasteiger partial charge < -0.3 is 4.98 Å². The van der Waals surface area contributed by atoms with Gasteiger partial charge in [-0.1, -0.05) is 30.0 Å². The fourth-order valence-corrected chi connectivity index (χ4v) is 2.39. The number of alkyl halides is 3. The number of hydrogen-bond donors (Lipinski definition) is 1. The Labute approximate surface area is 110 Å². The Morgan fingerprint density at radius 1 is 1.16 bits per heavy atom. The summed E-state index contributed by atoms with van der Waals surface area (Å²) in [5, 5.41) is 0.616. The largest absolute Gasteiger partial charge is 0.434 e. The van der Waals surface area contributed by atoms with Gasteiger partial charge in [-0.3, -0.25) is 0 Å². The van der Waals surface area contributed by atoms with Gasteiger partial charge in [0.15, 0.2) is 10.9 Å². The highest BCUT2D eigenvalue weighted by Gasteiger charge is 2.36. The van der Waals surface area contributed by atoms with Gasteiger partial charge in [0.1, 0.15) is 5.65 Å². The summed E-state index contributed by atoms with van der Waals surface area (Å²) in [4.78, 5) is 10.6. The maximum absolute atomic E-state index is 13.1. The molecule has 3 aromatic rings. The fraction of sp³-hybridized carbons (Fsp3) is 0.167. The highest BCUT2D eigenvalue weighted by atomic mass is 32.2. The van der Waals surface area contributed by atoms with Gasteiger partial charge in [0.05, 0.1) is 5.39 Å². The quantitative estimate of drug-likeness (QED) is 0.545. The molecule has 2 heterocycles. The van der Waals surface area contributed by atoms with E-state index in [9.17, 15) is 13.2 Å². The normalized spacial score (nSPS) is 12.4. The zero-order valence-corrected chi connectivity index (χ0v) is 10.6. The van der Waals surface area contributed by atoms with E-state index in [0.717, 1.165) is 11.8 Å². The number of nitrogens with one attached hydrogen (secondary N) is 1. The molecule has 0 bridgehead atoms. The van der Waals surface area contributed by atoms with Crippen LogP contribution in [-0.2, 0) is 6.18 Å². The molecule has 0 aliphatic carbocycles. The highest BCUT2D eigenvalue weighted by molar-refractivity contribution is 7.98. The molecule has 0 atom stereocenters. The molecular weight excluding hydrogens is 275 g/mol. The van der Waals surface area contributed by atoms with Crippen molar-refractivity contribution in [1.29, 1.82) is 0 Å². The number of hydrogen-bond acceptors (Lipinski definition) is 3. The third-order valence-corrected chi connectivity index (χ3v) is 3.34. The minimum Gasteiger partial charge on any atom is -0.339 e. The standard InChI is InChI=1S/C12H8F3N3S/c1-19-11-17-9(12(13,14)15)8-6-4-2-3-5-7(6)16-10(8)18-11/h2-5H,1H3,(H,16,17,18). The first kappa shape index (κ1) is 12.3. The van der Waals surface area contributed by atoms with Gasteiger partial charge in [0.25, 0.3) is 0 Å². The van der Waals surface area contributed by atoms with Crippen LogP contribution in [0.4, 0.5) is 13.2 Å². The first-order chi connectivity index (χ1) is 9.00. The van der Waals surface area contributed by atoms with E-state index in [1.807, 2.05) is 0 Å². The Kier molecular flexibility index (Phi) is 2.67. The Bertz CT molecular complexity index is 764. The summed E-state index contributed by atoms with van der Waals surface area (Å²) in [7, 11) is 0. The number of nitrogens with zero attached hydrogens (tertiary/aromatic N) is 2. The molecule has 0 radical (unpaired) electrons. The van der Waals surface area contributed by atoms with E-state index in [0.29, 0.717) is 10.9 Å². The minimum absolute atomic E-state index is 0.0286. The van der Waals surface area contributed by atoms with Crippen molar-refractivity contribution in [1.82, 2.24) is 15.0 Å². The number of aromatic nitrogens is 3. The van der Waals surface area contributed by atoms with Crippen LogP contribution in [0.1, 0.15) is 5.69 Å². The second kappa shape index (κ2) is 4.12. The Balaban J connectivity index is 2.50. The smallest absolute Gasteiger partial charge is 0.339 e. The first-order valence-electron chi connectivity index (χ1n) is 5.40. The SMILES string of the molecule is CSc1nc(C(F)(F)F)c2c(n1)[nH]c1ccccc12. The molecule has 0 saturated heterocycles. The van der Waals surface area contributed by atoms with Gasteiger partial charge in [0, 0.05) is 10.9 Å². The molecule has 19 heavy (non-hydrogen) atoms. The van der Waals surface area contributed by atoms with Crippen molar-refractivity contribution < 1.29 is 13.2 Å². The van der Waals surface area contributed by atoms with Gasteiger partial charge in [-0.05, 0) is 12.3 Å². The van der Waals surface area contributed by atoms with Crippen molar-refractivity contribution in [3.63, 3.8) is 0 Å². The van der Waals surface area contributed by atoms with Crippen LogP contribution in [0.25, 0.3) is 21.9 Å². The molecule has 3 nitrogen and oxygen atoms in total. The third-order valence-electron chi connectivity index (χ3n) is 2.79. The van der Waals surface area contributed by atoms with Crippen LogP contribution < -0.4 is 0 Å². The van der Waals surface area contributed by atoms with Crippen molar-refractivity contribution in [3.8, 4) is 0 Å². The number of halogens is 3. The maximum Gasteiger partial charge on any atom is 0.434 e. The molecule has 0 spiro atoms. The van der Waals surface area contributed by atoms with Crippen molar-refractivity contribution in [2.75, 3.05) is 6.26 Å². The minimum atomic E-state index is -4.50. The van der Waals surface area contributed by atoms with E-state index in [1.165, 1.54) is 0 Å². The number of benzene rings is 1. The molecule has 0 unspecified atom stereocenters. The van der Waals surface area contributed by atoms with Crippen LogP contribution >= 0.6 is 11.8 Å². The van der Waals surface area contributed by atoms with E-state index in [2.05, 4.69) is 15.0 Å². The summed E-state index contributed by atoms with van der Waals surface area (Å²) in [6.07, 6.45) is -2.86. The zero-order valence-electron chi connectivity index (χ0n) is 9.75. The summed E-state index contributed by atoms with van der Waals surface area (Å²) in [5.74, 6) is 0. The summed E-state index contributed by atoms with van der Waals surface area (Å²) in [5.41, 5.74) is -0.0530. The predicted molar refractivity (Wildman–Crippen MR) is 68.2 cm³/mol. The average Bonchev–Trinajstić information content (AvgIpc) is 2.74. The number of fused-ring (bicyclic) bond motifs is 3. The molecule has 1 N–H and O–H groups in total. The van der Waals surface area contributed by atoms with Crippen molar-refractivity contribution in [3.05, 3.63) is 30.0 Å². The van der Waals surface area contributed by atoms with Gasteiger partial charge >= 0.3 is 6.18 Å². The molecule has 0 fully saturated rings. The van der Waals surface area contributed by atoms with Gasteiger partial charge in [-0.15, -0.1) is 0 Å². The molecule has 0 aliphatic rings. The molecule has 2 aromatic heterocycles. The summed E-state index contributed by atoms with van der Waals surface area (Å²) >= 11 is 1.08. The Hall–Kier alpha value is -1.76. The summed E-state index contributed by atoms with van der Waals surface area (Å²) < 4.78 is 39.4. The third kappa shape index (κ3) is 1.94. The van der Waals surface area contributed by atoms with E-state index < -0.39 is 11.9 Å². The molecule has 0 saturated carbocycles. The zero-order chi connectivity index (χ0) is 13.6. The van der Waals surface area contributed by atoms with Crippen LogP contribution in [0.15, 0.2) is 29.4 Å². The number of H-pyrrole nitrogens is 1. The summed E-state index contributed by atoms with van der Waals surface area (Å²) in [6, 6.07) is 6.80. The van der Waals surface area contributed by atoms with Crippen LogP contribution in [0.5, 0.6) is 0 Å². The second-order valence-electron chi connectivity index (χ2n) is 3.95. The average molecular weight is 283 g/mol. The van der Waals surface area contributed by atoms with Crippen molar-refractivity contribution in [2.24, 2.45) is 0 Å². The summed E-state index contributed by atoms with van der Waals surface area (Å²) in [6.45, 7) is 0. The van der Waals surface area contributed by atoms with Gasteiger partial charge in [-0.25, -0.2) is 9.97 Å². The molecule has 0 amide bonds. The van der Waals surface area contributed by atoms with Crippen LogP contribution in [-0.4, -0.2) is 21.2 Å². The van der Waals surface area contributed by atoms with Gasteiger partial charge in [-0.2, -0.15) is 13.2 Å². The number of rotatable bonds is 1. The van der Waals surface area contributed by atoms with Crippen molar-refractivity contribution in [2.45, 2.75) is 11.3 Å². The van der Waals surface area contributed by atoms with Crippen LogP contribution in [0.3, 0.4) is 0 Å². The monoisotopic (exact) mass is 283 g/mol. The lowest BCUT2D eigenvalue weighted by molar-refractivity contribution is -0.140. The van der Waals surface area contributed by atoms with E-state index >= 15 is 0 Å². The Morgan fingerprint density at radius 3 is 2.58 bits per heavy atom. The van der Waals surface area contributed by atoms with Crippen LogP contribution in [0, 0.1) is 0 Å². The lowest BCUT2D eigenvalue weighted by atomic mass is 10.1. The molecule has 7 heteroatoms. The lowest BCUT2D eigenvalue weighted by Crippen LogP contribution is -2.10. The molecule has 3 rings (SSSR count). The predicted octanol–water partition coefficient (Wildman–Crippen LogP) is 3.85. The highest BCUT2D eigenvalue weighted by Crippen LogP contribution is 2.37. The van der Waals surface area contributed by atoms with Crippen molar-refractivity contribution >= 4 is 33.7 Å². The number of thioether (sulfide) groups is 1. The van der Waals surface area contributed by atoms with E-state index in [4.69, 9.17) is 0 Å². The molecular formula is C12H8F3N3S. The second-order valence-corrected chi connectivity index (χ2v) is 4.72. The van der Waals surface area contributed by atoms with E-state index in [1.54, 1.807) is 30.5 Å². The topological polar surface area (TPSA) is 41.6 Å². The van der Waals surface area contributed by atoms with Gasteiger partial charge in [0.2, 0.25) is 0 Å². The first-order valence-corrected chi connectivity index (χ1v) is 6.63. The molecule has 1 aromatic carbocycles. The number of aromatic amines is 1. The molecule has 0 aliphatic heterocycles. The number of para-hydroxylation sites is 1. The fourth-order valence-electron chi connectivity index (χ4n) is 2.02. The van der Waals surface area contributed by atoms with E-state index in [-0.39, 0.29) is 16.2 Å². The lowest BCUT2D eigenvalue weighted by Gasteiger charge is -2.08. The molecule has 98 valence electrons. The Morgan fingerprint density at radius 2 is 1.89 bits per heavy atom.